The normalized spacial score (nSPS) is 22.3. The van der Waals surface area contributed by atoms with Crippen molar-refractivity contribution in [2.45, 2.75) is 12.1 Å². The lowest BCUT2D eigenvalue weighted by Gasteiger charge is -2.31. The predicted molar refractivity (Wildman–Crippen MR) is 101 cm³/mol. The third-order valence-electron chi connectivity index (χ3n) is 5.58. The van der Waals surface area contributed by atoms with Crippen molar-refractivity contribution < 1.29 is 9.90 Å². The van der Waals surface area contributed by atoms with Crippen LogP contribution in [0.25, 0.3) is 5.57 Å². The number of amides is 1. The van der Waals surface area contributed by atoms with Gasteiger partial charge in [-0.15, -0.1) is 0 Å². The fourth-order valence-electron chi connectivity index (χ4n) is 4.34. The Bertz CT molecular complexity index is 919. The number of aliphatic hydroxyl groups excluding tert-OH is 1. The van der Waals surface area contributed by atoms with Gasteiger partial charge in [0, 0.05) is 31.7 Å². The van der Waals surface area contributed by atoms with Gasteiger partial charge in [0.15, 0.2) is 0 Å². The minimum atomic E-state index is -0.193. The Morgan fingerprint density at radius 2 is 1.96 bits per heavy atom. The monoisotopic (exact) mass is 347 g/mol. The average Bonchev–Trinajstić information content (AvgIpc) is 3.38. The number of hydrogen-bond acceptors (Lipinski definition) is 4. The summed E-state index contributed by atoms with van der Waals surface area (Å²) >= 11 is 0. The van der Waals surface area contributed by atoms with Crippen LogP contribution in [0.2, 0.25) is 0 Å². The van der Waals surface area contributed by atoms with Gasteiger partial charge in [0.25, 0.3) is 5.91 Å². The first-order valence-electron chi connectivity index (χ1n) is 9.09. The summed E-state index contributed by atoms with van der Waals surface area (Å²) < 4.78 is 0. The highest BCUT2D eigenvalue weighted by molar-refractivity contribution is 6.11. The summed E-state index contributed by atoms with van der Waals surface area (Å²) in [4.78, 5) is 14.8. The van der Waals surface area contributed by atoms with E-state index in [-0.39, 0.29) is 18.1 Å². The van der Waals surface area contributed by atoms with E-state index < -0.39 is 0 Å². The van der Waals surface area contributed by atoms with Crippen molar-refractivity contribution in [3.05, 3.63) is 70.8 Å². The van der Waals surface area contributed by atoms with E-state index in [9.17, 15) is 4.79 Å². The van der Waals surface area contributed by atoms with E-state index in [2.05, 4.69) is 51.9 Å². The molecule has 0 fully saturated rings. The molecule has 2 aromatic carbocycles. The van der Waals surface area contributed by atoms with Crippen molar-refractivity contribution >= 4 is 17.2 Å². The van der Waals surface area contributed by atoms with Crippen LogP contribution in [0.15, 0.2) is 48.5 Å². The van der Waals surface area contributed by atoms with Crippen LogP contribution in [0, 0.1) is 0 Å². The number of benzene rings is 2. The summed E-state index contributed by atoms with van der Waals surface area (Å²) in [5, 5.41) is 15.1. The molecule has 1 atom stereocenters. The van der Waals surface area contributed by atoms with E-state index in [1.807, 2.05) is 12.1 Å². The number of anilines is 1. The molecule has 0 saturated heterocycles. The first kappa shape index (κ1) is 15.6. The number of aliphatic hydroxyl groups is 1. The maximum atomic E-state index is 12.4. The summed E-state index contributed by atoms with van der Waals surface area (Å²) in [6, 6.07) is 14.7. The number of para-hydroxylation sites is 1. The molecule has 1 amide bonds. The summed E-state index contributed by atoms with van der Waals surface area (Å²) in [5.74, 6) is 0.0201. The Morgan fingerprint density at radius 1 is 1.15 bits per heavy atom. The highest BCUT2D eigenvalue weighted by atomic mass is 16.3. The number of fused-ring (bicyclic) bond motifs is 3. The molecule has 1 unspecified atom stereocenters. The molecule has 5 rings (SSSR count). The van der Waals surface area contributed by atoms with Crippen LogP contribution in [0.1, 0.15) is 27.0 Å². The minimum Gasteiger partial charge on any atom is -0.395 e. The molecule has 0 spiro atoms. The largest absolute Gasteiger partial charge is 0.395 e. The van der Waals surface area contributed by atoms with Gasteiger partial charge in [-0.1, -0.05) is 36.4 Å². The van der Waals surface area contributed by atoms with Crippen LogP contribution in [0.4, 0.5) is 5.69 Å². The Labute approximate surface area is 152 Å². The quantitative estimate of drug-likeness (QED) is 0.720. The number of nitrogens with zero attached hydrogens (tertiary/aromatic N) is 1. The third kappa shape index (κ3) is 2.08. The topological polar surface area (TPSA) is 64.6 Å². The molecule has 2 aromatic rings. The minimum absolute atomic E-state index is 0.0201. The van der Waals surface area contributed by atoms with Gasteiger partial charge >= 0.3 is 0 Å². The SMILES string of the molecule is O=C1NCCN2c3c1cccc3C1=CC12c1ccc(CNCCO)cc1. The van der Waals surface area contributed by atoms with Gasteiger partial charge in [0.1, 0.15) is 5.54 Å². The number of nitrogens with one attached hydrogen (secondary N) is 2. The molecule has 0 saturated carbocycles. The highest BCUT2D eigenvalue weighted by Gasteiger charge is 2.58. The standard InChI is InChI=1S/C21H21N3O2/c25-11-9-22-13-14-4-6-15(7-5-14)21-12-18(21)16-2-1-3-17-19(16)24(21)10-8-23-20(17)26/h1-7,12,22,25H,8-11,13H2,(H,23,26). The molecule has 2 aliphatic heterocycles. The van der Waals surface area contributed by atoms with Gasteiger partial charge < -0.3 is 20.6 Å². The highest BCUT2D eigenvalue weighted by Crippen LogP contribution is 2.64. The molecule has 2 heterocycles. The second-order valence-electron chi connectivity index (χ2n) is 7.03. The summed E-state index contributed by atoms with van der Waals surface area (Å²) in [6.07, 6.45) is 2.31. The summed E-state index contributed by atoms with van der Waals surface area (Å²) in [7, 11) is 0. The van der Waals surface area contributed by atoms with Gasteiger partial charge in [-0.25, -0.2) is 0 Å². The average molecular weight is 347 g/mol. The van der Waals surface area contributed by atoms with E-state index in [1.54, 1.807) is 0 Å². The zero-order valence-electron chi connectivity index (χ0n) is 14.5. The van der Waals surface area contributed by atoms with E-state index >= 15 is 0 Å². The number of hydrogen-bond donors (Lipinski definition) is 3. The predicted octanol–water partition coefficient (Wildman–Crippen LogP) is 1.62. The Hall–Kier alpha value is -2.63. The number of carbonyl (C=O) groups is 1. The molecule has 5 heteroatoms. The maximum Gasteiger partial charge on any atom is 0.253 e. The van der Waals surface area contributed by atoms with Gasteiger partial charge in [0.05, 0.1) is 17.9 Å². The number of rotatable bonds is 5. The maximum absolute atomic E-state index is 12.4. The summed E-state index contributed by atoms with van der Waals surface area (Å²) in [6.45, 7) is 2.95. The Morgan fingerprint density at radius 3 is 2.77 bits per heavy atom. The zero-order chi connectivity index (χ0) is 17.7. The first-order valence-corrected chi connectivity index (χ1v) is 9.09. The van der Waals surface area contributed by atoms with Crippen molar-refractivity contribution in [3.63, 3.8) is 0 Å². The molecule has 3 aliphatic rings. The van der Waals surface area contributed by atoms with Crippen molar-refractivity contribution in [2.24, 2.45) is 0 Å². The van der Waals surface area contributed by atoms with Crippen LogP contribution in [0.3, 0.4) is 0 Å². The smallest absolute Gasteiger partial charge is 0.253 e. The lowest BCUT2D eigenvalue weighted by molar-refractivity contribution is 0.0958. The lowest BCUT2D eigenvalue weighted by atomic mass is 9.97. The van der Waals surface area contributed by atoms with Crippen molar-refractivity contribution in [1.29, 1.82) is 0 Å². The first-order chi connectivity index (χ1) is 12.8. The molecular weight excluding hydrogens is 326 g/mol. The van der Waals surface area contributed by atoms with Crippen molar-refractivity contribution in [2.75, 3.05) is 31.1 Å². The van der Waals surface area contributed by atoms with E-state index in [0.717, 1.165) is 24.3 Å². The van der Waals surface area contributed by atoms with Gasteiger partial charge in [0.2, 0.25) is 0 Å². The van der Waals surface area contributed by atoms with E-state index in [4.69, 9.17) is 5.11 Å². The molecule has 26 heavy (non-hydrogen) atoms. The van der Waals surface area contributed by atoms with Crippen LogP contribution in [-0.2, 0) is 12.1 Å². The van der Waals surface area contributed by atoms with Crippen LogP contribution in [0.5, 0.6) is 0 Å². The molecular formula is C21H21N3O2. The number of carbonyl (C=O) groups excluding carboxylic acids is 1. The fourth-order valence-corrected chi connectivity index (χ4v) is 4.34. The second kappa shape index (κ2) is 5.69. The van der Waals surface area contributed by atoms with Crippen LogP contribution >= 0.6 is 0 Å². The van der Waals surface area contributed by atoms with E-state index in [1.165, 1.54) is 22.3 Å². The Balaban J connectivity index is 1.49. The molecule has 0 aromatic heterocycles. The molecule has 1 aliphatic carbocycles. The summed E-state index contributed by atoms with van der Waals surface area (Å²) in [5.41, 5.74) is 6.61. The van der Waals surface area contributed by atoms with Crippen LogP contribution in [-0.4, -0.2) is 37.3 Å². The second-order valence-corrected chi connectivity index (χ2v) is 7.03. The molecule has 5 nitrogen and oxygen atoms in total. The zero-order valence-corrected chi connectivity index (χ0v) is 14.5. The molecule has 3 N–H and O–H groups in total. The fraction of sp³-hybridized carbons (Fsp3) is 0.286. The molecule has 0 bridgehead atoms. The van der Waals surface area contributed by atoms with Crippen molar-refractivity contribution in [3.8, 4) is 0 Å². The van der Waals surface area contributed by atoms with E-state index in [0.29, 0.717) is 13.1 Å². The Kier molecular flexibility index (Phi) is 3.42. The van der Waals surface area contributed by atoms with Gasteiger partial charge in [-0.2, -0.15) is 0 Å². The molecule has 0 radical (unpaired) electrons. The third-order valence-corrected chi connectivity index (χ3v) is 5.58. The molecule has 132 valence electrons. The van der Waals surface area contributed by atoms with Crippen LogP contribution < -0.4 is 15.5 Å². The lowest BCUT2D eigenvalue weighted by Crippen LogP contribution is -2.38. The van der Waals surface area contributed by atoms with Crippen molar-refractivity contribution in [1.82, 2.24) is 10.6 Å². The van der Waals surface area contributed by atoms with Gasteiger partial charge in [-0.3, -0.25) is 4.79 Å². The van der Waals surface area contributed by atoms with Gasteiger partial charge in [-0.05, 0) is 28.8 Å².